The summed E-state index contributed by atoms with van der Waals surface area (Å²) in [7, 11) is 0. The molecule has 0 saturated carbocycles. The molecule has 0 fully saturated rings. The fourth-order valence-electron chi connectivity index (χ4n) is 2.31. The average molecular weight is 332 g/mol. The van der Waals surface area contributed by atoms with E-state index in [4.69, 9.17) is 0 Å². The van der Waals surface area contributed by atoms with Gasteiger partial charge in [-0.3, -0.25) is 0 Å². The van der Waals surface area contributed by atoms with Crippen molar-refractivity contribution in [1.29, 1.82) is 0 Å². The molecule has 2 aromatic carbocycles. The van der Waals surface area contributed by atoms with Gasteiger partial charge >= 0.3 is 0 Å². The van der Waals surface area contributed by atoms with Gasteiger partial charge < -0.3 is 5.32 Å². The van der Waals surface area contributed by atoms with Gasteiger partial charge in [0.05, 0.1) is 0 Å². The predicted octanol–water partition coefficient (Wildman–Crippen LogP) is 5.57. The number of benzene rings is 2. The van der Waals surface area contributed by atoms with Crippen molar-refractivity contribution >= 4 is 21.6 Å². The Hall–Kier alpha value is -1.28. The van der Waals surface area contributed by atoms with Crippen molar-refractivity contribution in [3.05, 3.63) is 63.6 Å². The van der Waals surface area contributed by atoms with Crippen LogP contribution in [0.5, 0.6) is 0 Å². The fraction of sp³-hybridized carbons (Fsp3) is 0.333. The Morgan fingerprint density at radius 3 is 2.25 bits per heavy atom. The summed E-state index contributed by atoms with van der Waals surface area (Å²) in [5.41, 5.74) is 5.15. The van der Waals surface area contributed by atoms with Crippen LogP contribution in [0.2, 0.25) is 0 Å². The summed E-state index contributed by atoms with van der Waals surface area (Å²) in [4.78, 5) is 0. The van der Waals surface area contributed by atoms with Crippen molar-refractivity contribution in [2.24, 2.45) is 5.92 Å². The smallest absolute Gasteiger partial charge is 0.0400 e. The third-order valence-corrected chi connectivity index (χ3v) is 3.66. The second-order valence-corrected chi connectivity index (χ2v) is 6.70. The Morgan fingerprint density at radius 1 is 1.00 bits per heavy atom. The summed E-state index contributed by atoms with van der Waals surface area (Å²) in [5, 5.41) is 3.47. The fourth-order valence-corrected chi connectivity index (χ4v) is 2.91. The highest BCUT2D eigenvalue weighted by molar-refractivity contribution is 9.10. The molecular formula is C18H22BrN. The molecule has 106 valence electrons. The largest absolute Gasteiger partial charge is 0.381 e. The highest BCUT2D eigenvalue weighted by Gasteiger charge is 2.00. The molecule has 0 aromatic heterocycles. The van der Waals surface area contributed by atoms with E-state index in [9.17, 15) is 0 Å². The molecule has 2 aromatic rings. The van der Waals surface area contributed by atoms with Crippen molar-refractivity contribution in [2.45, 2.75) is 33.7 Å². The minimum atomic E-state index is 0.712. The van der Waals surface area contributed by atoms with Gasteiger partial charge in [0.2, 0.25) is 0 Å². The molecule has 0 amide bonds. The number of hydrogen-bond acceptors (Lipinski definition) is 1. The van der Waals surface area contributed by atoms with Crippen LogP contribution in [0.3, 0.4) is 0 Å². The summed E-state index contributed by atoms with van der Waals surface area (Å²) in [5.74, 6) is 0.712. The topological polar surface area (TPSA) is 12.0 Å². The Morgan fingerprint density at radius 2 is 1.65 bits per heavy atom. The van der Waals surface area contributed by atoms with Gasteiger partial charge in [0, 0.05) is 16.7 Å². The number of aryl methyl sites for hydroxylation is 1. The molecule has 0 atom stereocenters. The molecule has 2 rings (SSSR count). The summed E-state index contributed by atoms with van der Waals surface area (Å²) >= 11 is 3.53. The van der Waals surface area contributed by atoms with E-state index in [1.165, 1.54) is 16.7 Å². The van der Waals surface area contributed by atoms with Crippen LogP contribution in [-0.2, 0) is 13.0 Å². The molecule has 0 aliphatic rings. The first kappa shape index (κ1) is 15.1. The number of halogens is 1. The van der Waals surface area contributed by atoms with Crippen LogP contribution in [0.4, 0.5) is 5.69 Å². The van der Waals surface area contributed by atoms with Crippen molar-refractivity contribution in [3.8, 4) is 0 Å². The van der Waals surface area contributed by atoms with E-state index in [-0.39, 0.29) is 0 Å². The lowest BCUT2D eigenvalue weighted by Crippen LogP contribution is -2.00. The Balaban J connectivity index is 1.96. The zero-order valence-electron chi connectivity index (χ0n) is 12.4. The van der Waals surface area contributed by atoms with Crippen LogP contribution >= 0.6 is 15.9 Å². The van der Waals surface area contributed by atoms with Crippen molar-refractivity contribution < 1.29 is 0 Å². The van der Waals surface area contributed by atoms with Crippen molar-refractivity contribution in [2.75, 3.05) is 5.32 Å². The van der Waals surface area contributed by atoms with E-state index in [2.05, 4.69) is 84.5 Å². The monoisotopic (exact) mass is 331 g/mol. The molecule has 0 radical (unpaired) electrons. The predicted molar refractivity (Wildman–Crippen MR) is 91.2 cm³/mol. The van der Waals surface area contributed by atoms with Crippen LogP contribution in [0.1, 0.15) is 30.5 Å². The zero-order chi connectivity index (χ0) is 14.5. The molecule has 0 heterocycles. The molecule has 0 bridgehead atoms. The molecular weight excluding hydrogens is 310 g/mol. The molecule has 0 spiro atoms. The van der Waals surface area contributed by atoms with Gasteiger partial charge in [-0.25, -0.2) is 0 Å². The van der Waals surface area contributed by atoms with Gasteiger partial charge in [0.15, 0.2) is 0 Å². The molecule has 0 aliphatic heterocycles. The van der Waals surface area contributed by atoms with E-state index in [0.717, 1.165) is 23.1 Å². The third-order valence-electron chi connectivity index (χ3n) is 3.21. The SMILES string of the molecule is Cc1cc(Br)cc(NCc2ccc(CC(C)C)cc2)c1. The highest BCUT2D eigenvalue weighted by atomic mass is 79.9. The third kappa shape index (κ3) is 4.68. The maximum atomic E-state index is 3.53. The Kier molecular flexibility index (Phi) is 5.24. The number of hydrogen-bond donors (Lipinski definition) is 1. The second kappa shape index (κ2) is 6.94. The lowest BCUT2D eigenvalue weighted by atomic mass is 10.0. The van der Waals surface area contributed by atoms with E-state index >= 15 is 0 Å². The van der Waals surface area contributed by atoms with Gasteiger partial charge in [0.1, 0.15) is 0 Å². The normalized spacial score (nSPS) is 10.8. The maximum Gasteiger partial charge on any atom is 0.0400 e. The molecule has 0 unspecified atom stereocenters. The van der Waals surface area contributed by atoms with Gasteiger partial charge in [-0.1, -0.05) is 54.0 Å². The van der Waals surface area contributed by atoms with E-state index in [1.807, 2.05) is 0 Å². The minimum Gasteiger partial charge on any atom is -0.381 e. The molecule has 1 nitrogen and oxygen atoms in total. The van der Waals surface area contributed by atoms with Gasteiger partial charge in [-0.2, -0.15) is 0 Å². The lowest BCUT2D eigenvalue weighted by Gasteiger charge is -2.10. The Bertz CT molecular complexity index is 538. The molecule has 0 saturated heterocycles. The average Bonchev–Trinajstić information content (AvgIpc) is 2.36. The first-order valence-electron chi connectivity index (χ1n) is 7.12. The Labute approximate surface area is 130 Å². The quantitative estimate of drug-likeness (QED) is 0.755. The van der Waals surface area contributed by atoms with Gasteiger partial charge in [-0.15, -0.1) is 0 Å². The summed E-state index contributed by atoms with van der Waals surface area (Å²) in [6.45, 7) is 7.48. The van der Waals surface area contributed by atoms with Crippen LogP contribution < -0.4 is 5.32 Å². The zero-order valence-corrected chi connectivity index (χ0v) is 14.0. The molecule has 0 aliphatic carbocycles. The lowest BCUT2D eigenvalue weighted by molar-refractivity contribution is 0.647. The summed E-state index contributed by atoms with van der Waals surface area (Å²) in [6, 6.07) is 15.3. The van der Waals surface area contributed by atoms with Gasteiger partial charge in [0.25, 0.3) is 0 Å². The van der Waals surface area contributed by atoms with Crippen molar-refractivity contribution in [1.82, 2.24) is 0 Å². The van der Waals surface area contributed by atoms with E-state index in [1.54, 1.807) is 0 Å². The van der Waals surface area contributed by atoms with Crippen LogP contribution in [0.15, 0.2) is 46.9 Å². The highest BCUT2D eigenvalue weighted by Crippen LogP contribution is 2.20. The molecule has 20 heavy (non-hydrogen) atoms. The minimum absolute atomic E-state index is 0.712. The standard InChI is InChI=1S/C18H22BrN/c1-13(2)8-15-4-6-16(7-5-15)12-20-18-10-14(3)9-17(19)11-18/h4-7,9-11,13,20H,8,12H2,1-3H3. The van der Waals surface area contributed by atoms with Gasteiger partial charge in [-0.05, 0) is 54.2 Å². The number of anilines is 1. The van der Waals surface area contributed by atoms with Crippen LogP contribution in [0.25, 0.3) is 0 Å². The second-order valence-electron chi connectivity index (χ2n) is 5.79. The van der Waals surface area contributed by atoms with E-state index < -0.39 is 0 Å². The number of rotatable bonds is 5. The summed E-state index contributed by atoms with van der Waals surface area (Å²) < 4.78 is 1.12. The van der Waals surface area contributed by atoms with E-state index in [0.29, 0.717) is 5.92 Å². The summed E-state index contributed by atoms with van der Waals surface area (Å²) in [6.07, 6.45) is 1.15. The first-order chi connectivity index (χ1) is 9.52. The molecule has 1 N–H and O–H groups in total. The molecule has 2 heteroatoms. The maximum absolute atomic E-state index is 3.53. The van der Waals surface area contributed by atoms with Crippen molar-refractivity contribution in [3.63, 3.8) is 0 Å². The van der Waals surface area contributed by atoms with Crippen LogP contribution in [0, 0.1) is 12.8 Å². The first-order valence-corrected chi connectivity index (χ1v) is 7.91. The number of nitrogens with one attached hydrogen (secondary N) is 1. The van der Waals surface area contributed by atoms with Crippen LogP contribution in [-0.4, -0.2) is 0 Å².